The Morgan fingerprint density at radius 2 is 1.71 bits per heavy atom. The molecule has 0 radical (unpaired) electrons. The molecule has 0 saturated carbocycles. The van der Waals surface area contributed by atoms with Crippen LogP contribution in [0.15, 0.2) is 24.3 Å². The van der Waals surface area contributed by atoms with Crippen LogP contribution in [0, 0.1) is 20.8 Å². The molecule has 3 heteroatoms. The quantitative estimate of drug-likeness (QED) is 0.792. The summed E-state index contributed by atoms with van der Waals surface area (Å²) in [6.45, 7) is 6.14. The van der Waals surface area contributed by atoms with E-state index in [9.17, 15) is 0 Å². The largest absolute Gasteiger partial charge is 0.467 e. The number of aromatic nitrogens is 2. The third kappa shape index (κ3) is 2.44. The summed E-state index contributed by atoms with van der Waals surface area (Å²) in [5.74, 6) is 0. The van der Waals surface area contributed by atoms with Gasteiger partial charge in [-0.15, -0.1) is 0 Å². The van der Waals surface area contributed by atoms with Crippen molar-refractivity contribution < 1.29 is 4.74 Å². The lowest BCUT2D eigenvalue weighted by molar-refractivity contribution is 0.379. The highest BCUT2D eigenvalue weighted by molar-refractivity contribution is 5.61. The van der Waals surface area contributed by atoms with Gasteiger partial charge in [0, 0.05) is 11.3 Å². The standard InChI is InChI=1S/C14H16N2O/c1-9-5-6-12(7-10(9)2)13-8-11(3)15-14(16-13)17-4/h5-8H,1-4H3. The second kappa shape index (κ2) is 4.53. The molecule has 0 aliphatic heterocycles. The zero-order chi connectivity index (χ0) is 12.4. The smallest absolute Gasteiger partial charge is 0.316 e. The van der Waals surface area contributed by atoms with Crippen LogP contribution in [0.5, 0.6) is 6.01 Å². The van der Waals surface area contributed by atoms with Crippen molar-refractivity contribution in [2.45, 2.75) is 20.8 Å². The van der Waals surface area contributed by atoms with E-state index in [2.05, 4.69) is 42.0 Å². The zero-order valence-electron chi connectivity index (χ0n) is 10.6. The first kappa shape index (κ1) is 11.6. The van der Waals surface area contributed by atoms with Gasteiger partial charge in [0.2, 0.25) is 0 Å². The Labute approximate surface area is 102 Å². The van der Waals surface area contributed by atoms with Gasteiger partial charge < -0.3 is 4.74 Å². The summed E-state index contributed by atoms with van der Waals surface area (Å²) >= 11 is 0. The molecular weight excluding hydrogens is 212 g/mol. The van der Waals surface area contributed by atoms with Crippen molar-refractivity contribution in [3.05, 3.63) is 41.1 Å². The maximum Gasteiger partial charge on any atom is 0.316 e. The number of methoxy groups -OCH3 is 1. The molecule has 17 heavy (non-hydrogen) atoms. The fourth-order valence-corrected chi connectivity index (χ4v) is 1.68. The van der Waals surface area contributed by atoms with Crippen molar-refractivity contribution >= 4 is 0 Å². The minimum atomic E-state index is 0.415. The van der Waals surface area contributed by atoms with Crippen LogP contribution >= 0.6 is 0 Å². The highest BCUT2D eigenvalue weighted by Crippen LogP contribution is 2.22. The first-order valence-electron chi connectivity index (χ1n) is 5.57. The Kier molecular flexibility index (Phi) is 3.09. The molecule has 0 amide bonds. The van der Waals surface area contributed by atoms with E-state index >= 15 is 0 Å². The van der Waals surface area contributed by atoms with E-state index in [-0.39, 0.29) is 0 Å². The molecule has 0 spiro atoms. The number of ether oxygens (including phenoxy) is 1. The van der Waals surface area contributed by atoms with Crippen molar-refractivity contribution in [1.82, 2.24) is 9.97 Å². The van der Waals surface area contributed by atoms with Gasteiger partial charge in [0.15, 0.2) is 0 Å². The van der Waals surface area contributed by atoms with Gasteiger partial charge >= 0.3 is 6.01 Å². The topological polar surface area (TPSA) is 35.0 Å². The number of aryl methyl sites for hydroxylation is 3. The minimum absolute atomic E-state index is 0.415. The zero-order valence-corrected chi connectivity index (χ0v) is 10.6. The lowest BCUT2D eigenvalue weighted by Crippen LogP contribution is -1.96. The molecule has 2 rings (SSSR count). The molecule has 0 aliphatic rings. The second-order valence-corrected chi connectivity index (χ2v) is 4.18. The minimum Gasteiger partial charge on any atom is -0.467 e. The summed E-state index contributed by atoms with van der Waals surface area (Å²) in [7, 11) is 1.58. The van der Waals surface area contributed by atoms with Crippen LogP contribution in [0.1, 0.15) is 16.8 Å². The van der Waals surface area contributed by atoms with Crippen molar-refractivity contribution in [1.29, 1.82) is 0 Å². The lowest BCUT2D eigenvalue weighted by atomic mass is 10.0. The molecule has 0 unspecified atom stereocenters. The molecule has 2 aromatic rings. The van der Waals surface area contributed by atoms with E-state index in [1.54, 1.807) is 7.11 Å². The molecule has 0 bridgehead atoms. The van der Waals surface area contributed by atoms with Crippen molar-refractivity contribution in [3.8, 4) is 17.3 Å². The fourth-order valence-electron chi connectivity index (χ4n) is 1.68. The van der Waals surface area contributed by atoms with E-state index in [0.717, 1.165) is 17.0 Å². The number of benzene rings is 1. The second-order valence-electron chi connectivity index (χ2n) is 4.18. The summed E-state index contributed by atoms with van der Waals surface area (Å²) in [5, 5.41) is 0. The van der Waals surface area contributed by atoms with Crippen LogP contribution < -0.4 is 4.74 Å². The molecule has 3 nitrogen and oxygen atoms in total. The average Bonchev–Trinajstić information content (AvgIpc) is 2.32. The summed E-state index contributed by atoms with van der Waals surface area (Å²) in [6, 6.07) is 8.69. The summed E-state index contributed by atoms with van der Waals surface area (Å²) in [6.07, 6.45) is 0. The van der Waals surface area contributed by atoms with Crippen molar-refractivity contribution in [2.24, 2.45) is 0 Å². The van der Waals surface area contributed by atoms with Gasteiger partial charge in [0.25, 0.3) is 0 Å². The normalized spacial score (nSPS) is 10.4. The van der Waals surface area contributed by atoms with Gasteiger partial charge in [0.1, 0.15) is 0 Å². The predicted molar refractivity (Wildman–Crippen MR) is 68.2 cm³/mol. The van der Waals surface area contributed by atoms with Gasteiger partial charge in [-0.1, -0.05) is 12.1 Å². The Hall–Kier alpha value is -1.90. The summed E-state index contributed by atoms with van der Waals surface area (Å²) in [4.78, 5) is 8.54. The molecule has 0 fully saturated rings. The maximum atomic E-state index is 5.09. The van der Waals surface area contributed by atoms with Gasteiger partial charge in [0.05, 0.1) is 12.8 Å². The Morgan fingerprint density at radius 1 is 0.941 bits per heavy atom. The van der Waals surface area contributed by atoms with E-state index in [4.69, 9.17) is 4.74 Å². The van der Waals surface area contributed by atoms with Gasteiger partial charge in [-0.3, -0.25) is 0 Å². The van der Waals surface area contributed by atoms with Gasteiger partial charge in [-0.25, -0.2) is 4.98 Å². The van der Waals surface area contributed by atoms with Crippen LogP contribution in [-0.2, 0) is 0 Å². The number of rotatable bonds is 2. The van der Waals surface area contributed by atoms with E-state index in [0.29, 0.717) is 6.01 Å². The number of hydrogen-bond donors (Lipinski definition) is 0. The number of hydrogen-bond acceptors (Lipinski definition) is 3. The number of nitrogens with zero attached hydrogens (tertiary/aromatic N) is 2. The maximum absolute atomic E-state index is 5.09. The van der Waals surface area contributed by atoms with Crippen molar-refractivity contribution in [2.75, 3.05) is 7.11 Å². The van der Waals surface area contributed by atoms with Gasteiger partial charge in [-0.2, -0.15) is 4.98 Å². The molecule has 1 aromatic carbocycles. The van der Waals surface area contributed by atoms with E-state index < -0.39 is 0 Å². The summed E-state index contributed by atoms with van der Waals surface area (Å²) < 4.78 is 5.09. The van der Waals surface area contributed by atoms with Crippen LogP contribution in [-0.4, -0.2) is 17.1 Å². The van der Waals surface area contributed by atoms with E-state index in [1.807, 2.05) is 13.0 Å². The van der Waals surface area contributed by atoms with Crippen LogP contribution in [0.2, 0.25) is 0 Å². The Balaban J connectivity index is 2.52. The monoisotopic (exact) mass is 228 g/mol. The first-order valence-corrected chi connectivity index (χ1v) is 5.57. The third-order valence-electron chi connectivity index (χ3n) is 2.82. The highest BCUT2D eigenvalue weighted by Gasteiger charge is 2.05. The summed E-state index contributed by atoms with van der Waals surface area (Å²) in [5.41, 5.74) is 5.45. The van der Waals surface area contributed by atoms with E-state index in [1.165, 1.54) is 11.1 Å². The Bertz CT molecular complexity index is 550. The third-order valence-corrected chi connectivity index (χ3v) is 2.82. The fraction of sp³-hybridized carbons (Fsp3) is 0.286. The first-order chi connectivity index (χ1) is 8.10. The molecule has 0 aliphatic carbocycles. The van der Waals surface area contributed by atoms with Crippen LogP contribution in [0.4, 0.5) is 0 Å². The van der Waals surface area contributed by atoms with Gasteiger partial charge in [-0.05, 0) is 44.0 Å². The highest BCUT2D eigenvalue weighted by atomic mass is 16.5. The average molecular weight is 228 g/mol. The van der Waals surface area contributed by atoms with Crippen molar-refractivity contribution in [3.63, 3.8) is 0 Å². The molecule has 88 valence electrons. The molecule has 0 N–H and O–H groups in total. The molecule has 0 saturated heterocycles. The molecule has 1 aromatic heterocycles. The van der Waals surface area contributed by atoms with Crippen LogP contribution in [0.3, 0.4) is 0 Å². The molecular formula is C14H16N2O. The predicted octanol–water partition coefficient (Wildman–Crippen LogP) is 3.08. The molecule has 0 atom stereocenters. The SMILES string of the molecule is COc1nc(C)cc(-c2ccc(C)c(C)c2)n1. The lowest BCUT2D eigenvalue weighted by Gasteiger charge is -2.07. The Morgan fingerprint density at radius 3 is 2.35 bits per heavy atom. The van der Waals surface area contributed by atoms with Crippen LogP contribution in [0.25, 0.3) is 11.3 Å². The molecule has 1 heterocycles.